The van der Waals surface area contributed by atoms with Crippen LogP contribution in [0.3, 0.4) is 0 Å². The zero-order valence-corrected chi connectivity index (χ0v) is 16.6. The average Bonchev–Trinajstić information content (AvgIpc) is 3.35. The highest BCUT2D eigenvalue weighted by molar-refractivity contribution is 6.30. The zero-order valence-electron chi connectivity index (χ0n) is 15.9. The highest BCUT2D eigenvalue weighted by Gasteiger charge is 2.15. The van der Waals surface area contributed by atoms with E-state index < -0.39 is 0 Å². The third-order valence-electron chi connectivity index (χ3n) is 4.61. The third kappa shape index (κ3) is 4.66. The van der Waals surface area contributed by atoms with Crippen LogP contribution in [0.5, 0.6) is 0 Å². The van der Waals surface area contributed by atoms with Crippen molar-refractivity contribution in [3.8, 4) is 11.4 Å². The Balaban J connectivity index is 1.27. The van der Waals surface area contributed by atoms with Crippen molar-refractivity contribution in [3.05, 3.63) is 71.3 Å². The maximum absolute atomic E-state index is 12.3. The molecule has 0 fully saturated rings. The standard InChI is InChI=1S/C22H20ClN3O3/c1-14(19-13-16-5-2-3-6-18(16)28-19)24-20(27)7-4-8-21-25-22(26-29-21)15-9-11-17(23)12-10-15/h2-3,5-6,9-14H,4,7-8H2,1H3,(H,24,27). The van der Waals surface area contributed by atoms with Gasteiger partial charge < -0.3 is 14.3 Å². The minimum Gasteiger partial charge on any atom is -0.459 e. The first-order valence-corrected chi connectivity index (χ1v) is 9.82. The molecule has 1 atom stereocenters. The quantitative estimate of drug-likeness (QED) is 0.445. The molecule has 0 saturated heterocycles. The summed E-state index contributed by atoms with van der Waals surface area (Å²) < 4.78 is 11.1. The first-order chi connectivity index (χ1) is 14.1. The molecule has 0 aliphatic rings. The molecule has 6 nitrogen and oxygen atoms in total. The van der Waals surface area contributed by atoms with Crippen molar-refractivity contribution in [2.45, 2.75) is 32.2 Å². The molecule has 1 amide bonds. The Morgan fingerprint density at radius 3 is 2.76 bits per heavy atom. The molecule has 2 aromatic heterocycles. The van der Waals surface area contributed by atoms with Crippen LogP contribution in [0.2, 0.25) is 5.02 Å². The molecule has 148 valence electrons. The van der Waals surface area contributed by atoms with Gasteiger partial charge in [0, 0.05) is 28.8 Å². The van der Waals surface area contributed by atoms with Gasteiger partial charge in [0.2, 0.25) is 17.6 Å². The van der Waals surface area contributed by atoms with Gasteiger partial charge in [-0.25, -0.2) is 0 Å². The number of hydrogen-bond donors (Lipinski definition) is 1. The van der Waals surface area contributed by atoms with E-state index in [1.165, 1.54) is 0 Å². The summed E-state index contributed by atoms with van der Waals surface area (Å²) in [5, 5.41) is 8.63. The van der Waals surface area contributed by atoms with Crippen molar-refractivity contribution in [2.75, 3.05) is 0 Å². The maximum Gasteiger partial charge on any atom is 0.226 e. The molecule has 4 rings (SSSR count). The number of furan rings is 1. The van der Waals surface area contributed by atoms with Crippen molar-refractivity contribution in [2.24, 2.45) is 0 Å². The Morgan fingerprint density at radius 1 is 1.17 bits per heavy atom. The van der Waals surface area contributed by atoms with Crippen molar-refractivity contribution < 1.29 is 13.7 Å². The van der Waals surface area contributed by atoms with Crippen LogP contribution in [0.15, 0.2) is 63.5 Å². The summed E-state index contributed by atoms with van der Waals surface area (Å²) in [4.78, 5) is 16.6. The number of para-hydroxylation sites is 1. The second-order valence-corrected chi connectivity index (χ2v) is 7.28. The van der Waals surface area contributed by atoms with Crippen molar-refractivity contribution >= 4 is 28.5 Å². The number of aromatic nitrogens is 2. The smallest absolute Gasteiger partial charge is 0.226 e. The van der Waals surface area contributed by atoms with E-state index in [1.807, 2.05) is 49.4 Å². The van der Waals surface area contributed by atoms with Gasteiger partial charge in [0.25, 0.3) is 0 Å². The number of aryl methyl sites for hydroxylation is 1. The van der Waals surface area contributed by atoms with Crippen LogP contribution in [0.1, 0.15) is 37.5 Å². The SMILES string of the molecule is CC(NC(=O)CCCc1nc(-c2ccc(Cl)cc2)no1)c1cc2ccccc2o1. The number of carbonyl (C=O) groups is 1. The lowest BCUT2D eigenvalue weighted by atomic mass is 10.2. The van der Waals surface area contributed by atoms with Crippen LogP contribution in [0, 0.1) is 0 Å². The fourth-order valence-corrected chi connectivity index (χ4v) is 3.20. The van der Waals surface area contributed by atoms with E-state index in [1.54, 1.807) is 12.1 Å². The number of fused-ring (bicyclic) bond motifs is 1. The number of nitrogens with zero attached hydrogens (tertiary/aromatic N) is 2. The first kappa shape index (κ1) is 19.2. The third-order valence-corrected chi connectivity index (χ3v) is 4.87. The number of halogens is 1. The number of rotatable bonds is 7. The van der Waals surface area contributed by atoms with E-state index in [0.29, 0.717) is 36.0 Å². The number of nitrogens with one attached hydrogen (secondary N) is 1. The second-order valence-electron chi connectivity index (χ2n) is 6.85. The molecule has 0 spiro atoms. The van der Waals surface area contributed by atoms with Gasteiger partial charge in [-0.05, 0) is 49.7 Å². The summed E-state index contributed by atoms with van der Waals surface area (Å²) >= 11 is 5.89. The van der Waals surface area contributed by atoms with Crippen LogP contribution in [0.25, 0.3) is 22.4 Å². The Bertz CT molecular complexity index is 1080. The van der Waals surface area contributed by atoms with Crippen molar-refractivity contribution in [1.82, 2.24) is 15.5 Å². The van der Waals surface area contributed by atoms with Gasteiger partial charge in [0.15, 0.2) is 0 Å². The van der Waals surface area contributed by atoms with E-state index in [-0.39, 0.29) is 11.9 Å². The van der Waals surface area contributed by atoms with Gasteiger partial charge in [-0.2, -0.15) is 4.98 Å². The molecule has 4 aromatic rings. The molecule has 2 aromatic carbocycles. The van der Waals surface area contributed by atoms with E-state index in [9.17, 15) is 4.79 Å². The molecule has 0 aliphatic heterocycles. The molecule has 0 radical (unpaired) electrons. The molecule has 0 bridgehead atoms. The topological polar surface area (TPSA) is 81.2 Å². The summed E-state index contributed by atoms with van der Waals surface area (Å²) in [6.07, 6.45) is 1.51. The predicted molar refractivity (Wildman–Crippen MR) is 110 cm³/mol. The Kier molecular flexibility index (Phi) is 5.62. The molecule has 7 heteroatoms. The minimum atomic E-state index is -0.199. The lowest BCUT2D eigenvalue weighted by Crippen LogP contribution is -2.26. The van der Waals surface area contributed by atoms with Crippen LogP contribution in [-0.2, 0) is 11.2 Å². The Hall–Kier alpha value is -3.12. The maximum atomic E-state index is 12.3. The summed E-state index contributed by atoms with van der Waals surface area (Å²) in [6.45, 7) is 1.91. The summed E-state index contributed by atoms with van der Waals surface area (Å²) in [5.41, 5.74) is 1.65. The van der Waals surface area contributed by atoms with E-state index in [0.717, 1.165) is 22.3 Å². The predicted octanol–water partition coefficient (Wildman–Crippen LogP) is 5.34. The van der Waals surface area contributed by atoms with Gasteiger partial charge in [0.05, 0.1) is 6.04 Å². The highest BCUT2D eigenvalue weighted by atomic mass is 35.5. The first-order valence-electron chi connectivity index (χ1n) is 9.45. The van der Waals surface area contributed by atoms with E-state index >= 15 is 0 Å². The van der Waals surface area contributed by atoms with Gasteiger partial charge >= 0.3 is 0 Å². The highest BCUT2D eigenvalue weighted by Crippen LogP contribution is 2.24. The number of benzene rings is 2. The van der Waals surface area contributed by atoms with Gasteiger partial charge in [-0.15, -0.1) is 0 Å². The Labute approximate surface area is 172 Å². The zero-order chi connectivity index (χ0) is 20.2. The summed E-state index contributed by atoms with van der Waals surface area (Å²) in [5.74, 6) is 1.71. The minimum absolute atomic E-state index is 0.0459. The van der Waals surface area contributed by atoms with Crippen molar-refractivity contribution in [1.29, 1.82) is 0 Å². The average molecular weight is 410 g/mol. The van der Waals surface area contributed by atoms with Crippen molar-refractivity contribution in [3.63, 3.8) is 0 Å². The van der Waals surface area contributed by atoms with E-state index in [2.05, 4.69) is 15.5 Å². The van der Waals surface area contributed by atoms with Crippen LogP contribution in [-0.4, -0.2) is 16.0 Å². The van der Waals surface area contributed by atoms with Crippen LogP contribution >= 0.6 is 11.6 Å². The summed E-state index contributed by atoms with van der Waals surface area (Å²) in [7, 11) is 0. The van der Waals surface area contributed by atoms with Crippen LogP contribution in [0.4, 0.5) is 0 Å². The largest absolute Gasteiger partial charge is 0.459 e. The van der Waals surface area contributed by atoms with Crippen LogP contribution < -0.4 is 5.32 Å². The normalized spacial score (nSPS) is 12.2. The molecular formula is C22H20ClN3O3. The van der Waals surface area contributed by atoms with Gasteiger partial charge in [0.1, 0.15) is 11.3 Å². The number of hydrogen-bond acceptors (Lipinski definition) is 5. The molecular weight excluding hydrogens is 390 g/mol. The molecule has 2 heterocycles. The van der Waals surface area contributed by atoms with E-state index in [4.69, 9.17) is 20.5 Å². The number of amides is 1. The molecule has 0 aliphatic carbocycles. The second kappa shape index (κ2) is 8.49. The molecule has 0 saturated carbocycles. The fourth-order valence-electron chi connectivity index (χ4n) is 3.07. The molecule has 1 N–H and O–H groups in total. The molecule has 29 heavy (non-hydrogen) atoms. The lowest BCUT2D eigenvalue weighted by molar-refractivity contribution is -0.121. The monoisotopic (exact) mass is 409 g/mol. The number of carbonyl (C=O) groups excluding carboxylic acids is 1. The Morgan fingerprint density at radius 2 is 1.97 bits per heavy atom. The van der Waals surface area contributed by atoms with Gasteiger partial charge in [-0.3, -0.25) is 4.79 Å². The summed E-state index contributed by atoms with van der Waals surface area (Å²) in [6, 6.07) is 16.8. The van der Waals surface area contributed by atoms with Gasteiger partial charge in [-0.1, -0.05) is 35.0 Å². The fraction of sp³-hybridized carbons (Fsp3) is 0.227. The lowest BCUT2D eigenvalue weighted by Gasteiger charge is -2.10. The molecule has 1 unspecified atom stereocenters.